The van der Waals surface area contributed by atoms with Crippen LogP contribution in [-0.4, -0.2) is 35.4 Å². The molecule has 148 valence electrons. The number of nitrogens with one attached hydrogen (secondary N) is 2. The molecule has 2 amide bonds. The van der Waals surface area contributed by atoms with Gasteiger partial charge in [-0.15, -0.1) is 11.8 Å². The molecule has 0 radical (unpaired) electrons. The summed E-state index contributed by atoms with van der Waals surface area (Å²) in [7, 11) is 0. The number of carbonyl (C=O) groups is 3. The van der Waals surface area contributed by atoms with Gasteiger partial charge >= 0.3 is 5.97 Å². The second-order valence-corrected chi connectivity index (χ2v) is 7.48. The van der Waals surface area contributed by atoms with Crippen LogP contribution in [-0.2, 0) is 14.3 Å². The number of thioether (sulfide) groups is 1. The van der Waals surface area contributed by atoms with Gasteiger partial charge in [-0.05, 0) is 62.7 Å². The zero-order chi connectivity index (χ0) is 20.5. The number of carbonyl (C=O) groups excluding carboxylic acids is 3. The van der Waals surface area contributed by atoms with Gasteiger partial charge in [0, 0.05) is 11.4 Å². The normalized spacial score (nSPS) is 10.4. The predicted octanol–water partition coefficient (Wildman–Crippen LogP) is 3.87. The first kappa shape index (κ1) is 21.5. The summed E-state index contributed by atoms with van der Waals surface area (Å²) >= 11 is 1.23. The van der Waals surface area contributed by atoms with Crippen LogP contribution in [0.5, 0.6) is 0 Å². The Morgan fingerprint density at radius 1 is 0.929 bits per heavy atom. The van der Waals surface area contributed by atoms with Gasteiger partial charge in [-0.3, -0.25) is 9.59 Å². The highest BCUT2D eigenvalue weighted by molar-refractivity contribution is 8.00. The van der Waals surface area contributed by atoms with Gasteiger partial charge in [0.15, 0.2) is 0 Å². The minimum atomic E-state index is -0.400. The van der Waals surface area contributed by atoms with E-state index in [9.17, 15) is 14.4 Å². The van der Waals surface area contributed by atoms with Gasteiger partial charge in [0.05, 0.1) is 23.2 Å². The average Bonchev–Trinajstić information content (AvgIpc) is 2.61. The van der Waals surface area contributed by atoms with Crippen molar-refractivity contribution in [1.82, 2.24) is 0 Å². The van der Waals surface area contributed by atoms with Gasteiger partial charge in [0.1, 0.15) is 0 Å². The number of ether oxygens (including phenoxy) is 1. The number of aryl methyl sites for hydroxylation is 1. The second-order valence-electron chi connectivity index (χ2n) is 6.49. The molecule has 0 bridgehead atoms. The van der Waals surface area contributed by atoms with E-state index in [1.165, 1.54) is 11.8 Å². The molecule has 0 unspecified atom stereocenters. The van der Waals surface area contributed by atoms with Gasteiger partial charge in [-0.1, -0.05) is 12.1 Å². The maximum absolute atomic E-state index is 12.0. The van der Waals surface area contributed by atoms with E-state index >= 15 is 0 Å². The summed E-state index contributed by atoms with van der Waals surface area (Å²) in [6.07, 6.45) is -0.188. The van der Waals surface area contributed by atoms with Gasteiger partial charge in [-0.2, -0.15) is 0 Å². The van der Waals surface area contributed by atoms with Crippen LogP contribution in [0.1, 0.15) is 29.8 Å². The van der Waals surface area contributed by atoms with E-state index in [2.05, 4.69) is 10.6 Å². The molecular formula is C21H24N2O4S. The Morgan fingerprint density at radius 3 is 2.11 bits per heavy atom. The van der Waals surface area contributed by atoms with Gasteiger partial charge < -0.3 is 15.4 Å². The maximum atomic E-state index is 12.0. The molecule has 2 N–H and O–H groups in total. The number of anilines is 2. The van der Waals surface area contributed by atoms with Crippen LogP contribution in [0.4, 0.5) is 11.4 Å². The summed E-state index contributed by atoms with van der Waals surface area (Å²) in [6, 6.07) is 14.0. The third-order valence-electron chi connectivity index (χ3n) is 3.52. The Labute approximate surface area is 169 Å². The van der Waals surface area contributed by atoms with Crippen LogP contribution in [0.3, 0.4) is 0 Å². The lowest BCUT2D eigenvalue weighted by molar-refractivity contribution is -0.114. The van der Waals surface area contributed by atoms with Crippen molar-refractivity contribution >= 4 is 40.9 Å². The Balaban J connectivity index is 1.73. The highest BCUT2D eigenvalue weighted by Crippen LogP contribution is 2.13. The Morgan fingerprint density at radius 2 is 1.54 bits per heavy atom. The minimum Gasteiger partial charge on any atom is -0.459 e. The molecule has 0 spiro atoms. The van der Waals surface area contributed by atoms with E-state index in [0.717, 1.165) is 11.3 Å². The quantitative estimate of drug-likeness (QED) is 0.657. The number of rotatable bonds is 8. The summed E-state index contributed by atoms with van der Waals surface area (Å²) in [6.45, 7) is 5.52. The molecule has 0 fully saturated rings. The lowest BCUT2D eigenvalue weighted by Gasteiger charge is -2.09. The summed E-state index contributed by atoms with van der Waals surface area (Å²) in [4.78, 5) is 35.7. The summed E-state index contributed by atoms with van der Waals surface area (Å²) < 4.78 is 5.11. The molecule has 7 heteroatoms. The summed E-state index contributed by atoms with van der Waals surface area (Å²) in [5.41, 5.74) is 2.81. The standard InChI is InChI=1S/C21H24N2O4S/c1-14(2)27-21(26)16-7-9-17(10-8-16)22-19(24)12-28-13-20(25)23-18-6-4-5-15(3)11-18/h4-11,14H,12-13H2,1-3H3,(H,22,24)(H,23,25). The molecule has 0 atom stereocenters. The molecular weight excluding hydrogens is 376 g/mol. The molecule has 2 aromatic carbocycles. The largest absolute Gasteiger partial charge is 0.459 e. The van der Waals surface area contributed by atoms with Crippen molar-refractivity contribution in [2.24, 2.45) is 0 Å². The van der Waals surface area contributed by atoms with Gasteiger partial charge in [0.25, 0.3) is 0 Å². The predicted molar refractivity (Wildman–Crippen MR) is 113 cm³/mol. The topological polar surface area (TPSA) is 84.5 Å². The van der Waals surface area contributed by atoms with Crippen molar-refractivity contribution in [1.29, 1.82) is 0 Å². The smallest absolute Gasteiger partial charge is 0.338 e. The number of hydrogen-bond donors (Lipinski definition) is 2. The molecule has 2 aromatic rings. The van der Waals surface area contributed by atoms with Crippen molar-refractivity contribution in [2.45, 2.75) is 26.9 Å². The highest BCUT2D eigenvalue weighted by Gasteiger charge is 2.10. The number of amides is 2. The molecule has 28 heavy (non-hydrogen) atoms. The van der Waals surface area contributed by atoms with Crippen LogP contribution >= 0.6 is 11.8 Å². The van der Waals surface area contributed by atoms with Gasteiger partial charge in [-0.25, -0.2) is 4.79 Å². The fraction of sp³-hybridized carbons (Fsp3) is 0.286. The lowest BCUT2D eigenvalue weighted by atomic mass is 10.2. The van der Waals surface area contributed by atoms with Crippen molar-refractivity contribution in [3.8, 4) is 0 Å². The summed E-state index contributed by atoms with van der Waals surface area (Å²) in [5.74, 6) is -0.440. The van der Waals surface area contributed by atoms with E-state index in [-0.39, 0.29) is 29.4 Å². The van der Waals surface area contributed by atoms with Crippen molar-refractivity contribution in [3.63, 3.8) is 0 Å². The minimum absolute atomic E-state index is 0.151. The highest BCUT2D eigenvalue weighted by atomic mass is 32.2. The molecule has 6 nitrogen and oxygen atoms in total. The van der Waals surface area contributed by atoms with E-state index in [4.69, 9.17) is 4.74 Å². The van der Waals surface area contributed by atoms with Crippen LogP contribution < -0.4 is 10.6 Å². The number of benzene rings is 2. The van der Waals surface area contributed by atoms with Crippen LogP contribution in [0.2, 0.25) is 0 Å². The van der Waals surface area contributed by atoms with E-state index in [1.54, 1.807) is 38.1 Å². The number of esters is 1. The molecule has 0 aromatic heterocycles. The maximum Gasteiger partial charge on any atom is 0.338 e. The third kappa shape index (κ3) is 7.44. The molecule has 0 heterocycles. The first-order valence-corrected chi connectivity index (χ1v) is 10.0. The average molecular weight is 401 g/mol. The summed E-state index contributed by atoms with van der Waals surface area (Å²) in [5, 5.41) is 5.54. The molecule has 0 aliphatic rings. The molecule has 0 aliphatic heterocycles. The zero-order valence-electron chi connectivity index (χ0n) is 16.2. The Kier molecular flexibility index (Phi) is 8.07. The fourth-order valence-electron chi connectivity index (χ4n) is 2.33. The van der Waals surface area contributed by atoms with Crippen LogP contribution in [0.15, 0.2) is 48.5 Å². The molecule has 0 saturated carbocycles. The van der Waals surface area contributed by atoms with Crippen LogP contribution in [0, 0.1) is 6.92 Å². The van der Waals surface area contributed by atoms with E-state index in [1.807, 2.05) is 31.2 Å². The van der Waals surface area contributed by atoms with Crippen molar-refractivity contribution in [3.05, 3.63) is 59.7 Å². The lowest BCUT2D eigenvalue weighted by Crippen LogP contribution is -2.18. The van der Waals surface area contributed by atoms with Crippen molar-refractivity contribution in [2.75, 3.05) is 22.1 Å². The molecule has 0 aliphatic carbocycles. The Hall–Kier alpha value is -2.80. The third-order valence-corrected chi connectivity index (χ3v) is 4.45. The number of hydrogen-bond acceptors (Lipinski definition) is 5. The van der Waals surface area contributed by atoms with E-state index < -0.39 is 5.97 Å². The van der Waals surface area contributed by atoms with Crippen LogP contribution in [0.25, 0.3) is 0 Å². The molecule has 0 saturated heterocycles. The Bertz CT molecular complexity index is 835. The zero-order valence-corrected chi connectivity index (χ0v) is 17.0. The second kappa shape index (κ2) is 10.5. The van der Waals surface area contributed by atoms with Crippen molar-refractivity contribution < 1.29 is 19.1 Å². The fourth-order valence-corrected chi connectivity index (χ4v) is 2.94. The SMILES string of the molecule is Cc1cccc(NC(=O)CSCC(=O)Nc2ccc(C(=O)OC(C)C)cc2)c1. The van der Waals surface area contributed by atoms with Gasteiger partial charge in [0.2, 0.25) is 11.8 Å². The molecule has 2 rings (SSSR count). The first-order chi connectivity index (χ1) is 13.3. The monoisotopic (exact) mass is 400 g/mol. The first-order valence-electron chi connectivity index (χ1n) is 8.88. The van der Waals surface area contributed by atoms with E-state index in [0.29, 0.717) is 11.3 Å².